The minimum Gasteiger partial charge on any atom is -0.361 e. The van der Waals surface area contributed by atoms with Crippen molar-refractivity contribution in [1.29, 1.82) is 0 Å². The highest BCUT2D eigenvalue weighted by Crippen LogP contribution is 2.22. The maximum Gasteiger partial charge on any atom is 0.137 e. The van der Waals surface area contributed by atoms with E-state index in [1.54, 1.807) is 12.7 Å². The van der Waals surface area contributed by atoms with Gasteiger partial charge in [0.05, 0.1) is 6.54 Å². The van der Waals surface area contributed by atoms with Crippen LogP contribution < -0.4 is 0 Å². The van der Waals surface area contributed by atoms with E-state index in [2.05, 4.69) is 86.6 Å². The standard InChI is InChI=1S/C25H30N6/c1-29(23-10-12-30(17-23)15-20-5-3-2-4-6-20)11-9-22-14-27-25-8-7-21(13-24(22)25)16-31-19-26-18-28-31/h2-8,13-14,18-19,23,27H,9-12,15-17H2,1H3. The van der Waals surface area contributed by atoms with Gasteiger partial charge in [0.15, 0.2) is 0 Å². The average Bonchev–Trinajstić information content (AvgIpc) is 3.54. The van der Waals surface area contributed by atoms with Crippen LogP contribution in [0.4, 0.5) is 0 Å². The van der Waals surface area contributed by atoms with Gasteiger partial charge in [-0.05, 0) is 48.7 Å². The highest BCUT2D eigenvalue weighted by molar-refractivity contribution is 5.83. The zero-order valence-corrected chi connectivity index (χ0v) is 18.1. The Morgan fingerprint density at radius 2 is 2.00 bits per heavy atom. The van der Waals surface area contributed by atoms with E-state index in [0.29, 0.717) is 6.04 Å². The molecule has 1 saturated heterocycles. The maximum absolute atomic E-state index is 4.22. The Labute approximate surface area is 183 Å². The molecular formula is C25H30N6. The molecule has 1 aliphatic heterocycles. The van der Waals surface area contributed by atoms with Crippen molar-refractivity contribution in [2.24, 2.45) is 0 Å². The second kappa shape index (κ2) is 9.04. The Kier molecular flexibility index (Phi) is 5.82. The Hall–Kier alpha value is -2.96. The fourth-order valence-electron chi connectivity index (χ4n) is 4.67. The van der Waals surface area contributed by atoms with Gasteiger partial charge in [-0.25, -0.2) is 9.67 Å². The molecule has 31 heavy (non-hydrogen) atoms. The van der Waals surface area contributed by atoms with Crippen LogP contribution in [-0.2, 0) is 19.5 Å². The molecule has 1 atom stereocenters. The van der Waals surface area contributed by atoms with E-state index < -0.39 is 0 Å². The minimum absolute atomic E-state index is 0.636. The van der Waals surface area contributed by atoms with Crippen LogP contribution in [0.3, 0.4) is 0 Å². The first-order chi connectivity index (χ1) is 15.2. The number of fused-ring (bicyclic) bond motifs is 1. The normalized spacial score (nSPS) is 17.2. The Morgan fingerprint density at radius 3 is 2.84 bits per heavy atom. The molecule has 6 heteroatoms. The van der Waals surface area contributed by atoms with Crippen LogP contribution in [0.2, 0.25) is 0 Å². The third-order valence-electron chi connectivity index (χ3n) is 6.50. The number of H-pyrrole nitrogens is 1. The average molecular weight is 415 g/mol. The third-order valence-corrected chi connectivity index (χ3v) is 6.50. The molecule has 0 saturated carbocycles. The molecule has 2 aromatic carbocycles. The van der Waals surface area contributed by atoms with Crippen molar-refractivity contribution < 1.29 is 0 Å². The molecule has 0 aliphatic carbocycles. The number of hydrogen-bond acceptors (Lipinski definition) is 4. The lowest BCUT2D eigenvalue weighted by Crippen LogP contribution is -2.35. The Morgan fingerprint density at radius 1 is 1.10 bits per heavy atom. The lowest BCUT2D eigenvalue weighted by Gasteiger charge is -2.24. The van der Waals surface area contributed by atoms with Crippen LogP contribution in [-0.4, -0.2) is 62.3 Å². The van der Waals surface area contributed by atoms with Crippen LogP contribution in [0, 0.1) is 0 Å². The van der Waals surface area contributed by atoms with Gasteiger partial charge in [0.25, 0.3) is 0 Å². The van der Waals surface area contributed by atoms with E-state index in [9.17, 15) is 0 Å². The summed E-state index contributed by atoms with van der Waals surface area (Å²) in [4.78, 5) is 12.6. The van der Waals surface area contributed by atoms with Crippen molar-refractivity contribution in [3.63, 3.8) is 0 Å². The van der Waals surface area contributed by atoms with Gasteiger partial charge in [-0.15, -0.1) is 0 Å². The van der Waals surface area contributed by atoms with Crippen molar-refractivity contribution in [1.82, 2.24) is 29.5 Å². The molecule has 3 heterocycles. The van der Waals surface area contributed by atoms with E-state index in [1.165, 1.54) is 40.6 Å². The molecule has 6 nitrogen and oxygen atoms in total. The predicted octanol–water partition coefficient (Wildman–Crippen LogP) is 3.56. The lowest BCUT2D eigenvalue weighted by molar-refractivity contribution is 0.232. The fourth-order valence-corrected chi connectivity index (χ4v) is 4.67. The van der Waals surface area contributed by atoms with Crippen LogP contribution in [0.15, 0.2) is 67.4 Å². The van der Waals surface area contributed by atoms with Crippen molar-refractivity contribution in [3.05, 3.63) is 84.1 Å². The van der Waals surface area contributed by atoms with Gasteiger partial charge in [-0.1, -0.05) is 36.4 Å². The van der Waals surface area contributed by atoms with Crippen LogP contribution in [0.5, 0.6) is 0 Å². The van der Waals surface area contributed by atoms with Gasteiger partial charge in [0, 0.05) is 49.3 Å². The number of likely N-dealkylation sites (tertiary alicyclic amines) is 1. The molecule has 5 rings (SSSR count). The van der Waals surface area contributed by atoms with Crippen LogP contribution >= 0.6 is 0 Å². The number of likely N-dealkylation sites (N-methyl/N-ethyl adjacent to an activating group) is 1. The molecule has 1 unspecified atom stereocenters. The summed E-state index contributed by atoms with van der Waals surface area (Å²) in [5.74, 6) is 0. The number of rotatable bonds is 8. The zero-order chi connectivity index (χ0) is 21.0. The first-order valence-electron chi connectivity index (χ1n) is 11.1. The van der Waals surface area contributed by atoms with E-state index in [4.69, 9.17) is 0 Å². The second-order valence-corrected chi connectivity index (χ2v) is 8.68. The van der Waals surface area contributed by atoms with Gasteiger partial charge >= 0.3 is 0 Å². The first kappa shape index (κ1) is 20.0. The highest BCUT2D eigenvalue weighted by Gasteiger charge is 2.25. The summed E-state index contributed by atoms with van der Waals surface area (Å²) in [6, 6.07) is 18.1. The number of hydrogen-bond donors (Lipinski definition) is 1. The summed E-state index contributed by atoms with van der Waals surface area (Å²) >= 11 is 0. The highest BCUT2D eigenvalue weighted by atomic mass is 15.3. The summed E-state index contributed by atoms with van der Waals surface area (Å²) < 4.78 is 1.86. The van der Waals surface area contributed by atoms with E-state index in [1.807, 2.05) is 4.68 Å². The van der Waals surface area contributed by atoms with E-state index in [0.717, 1.165) is 32.6 Å². The topological polar surface area (TPSA) is 53.0 Å². The number of benzene rings is 2. The molecule has 160 valence electrons. The third kappa shape index (κ3) is 4.70. The summed E-state index contributed by atoms with van der Waals surface area (Å²) in [7, 11) is 2.28. The summed E-state index contributed by atoms with van der Waals surface area (Å²) in [6.07, 6.45) is 7.83. The zero-order valence-electron chi connectivity index (χ0n) is 18.1. The monoisotopic (exact) mass is 414 g/mol. The minimum atomic E-state index is 0.636. The molecule has 1 fully saturated rings. The van der Waals surface area contributed by atoms with Gasteiger partial charge in [0.2, 0.25) is 0 Å². The first-order valence-corrected chi connectivity index (χ1v) is 11.1. The van der Waals surface area contributed by atoms with E-state index in [-0.39, 0.29) is 0 Å². The van der Waals surface area contributed by atoms with Crippen molar-refractivity contribution in [3.8, 4) is 0 Å². The SMILES string of the molecule is CN(CCc1c[nH]c2ccc(Cn3cncn3)cc12)C1CCN(Cc2ccccc2)C1. The molecule has 0 radical (unpaired) electrons. The van der Waals surface area contributed by atoms with Crippen molar-refractivity contribution in [2.45, 2.75) is 32.0 Å². The molecule has 4 aromatic rings. The number of nitrogens with one attached hydrogen (secondary N) is 1. The van der Waals surface area contributed by atoms with Crippen molar-refractivity contribution >= 4 is 10.9 Å². The molecule has 1 aliphatic rings. The van der Waals surface area contributed by atoms with E-state index >= 15 is 0 Å². The second-order valence-electron chi connectivity index (χ2n) is 8.68. The smallest absolute Gasteiger partial charge is 0.137 e. The lowest BCUT2D eigenvalue weighted by atomic mass is 10.1. The Bertz CT molecular complexity index is 1100. The summed E-state index contributed by atoms with van der Waals surface area (Å²) in [5, 5.41) is 5.55. The molecule has 2 aromatic heterocycles. The van der Waals surface area contributed by atoms with Gasteiger partial charge in [0.1, 0.15) is 12.7 Å². The largest absolute Gasteiger partial charge is 0.361 e. The molecule has 0 spiro atoms. The number of aromatic nitrogens is 4. The fraction of sp³-hybridized carbons (Fsp3) is 0.360. The Balaban J connectivity index is 1.18. The maximum atomic E-state index is 4.22. The molecule has 1 N–H and O–H groups in total. The molecule has 0 amide bonds. The van der Waals surface area contributed by atoms with Gasteiger partial charge in [-0.3, -0.25) is 4.90 Å². The molecule has 0 bridgehead atoms. The van der Waals surface area contributed by atoms with Gasteiger partial charge < -0.3 is 9.88 Å². The number of nitrogens with zero attached hydrogens (tertiary/aromatic N) is 5. The van der Waals surface area contributed by atoms with Gasteiger partial charge in [-0.2, -0.15) is 5.10 Å². The number of aromatic amines is 1. The van der Waals surface area contributed by atoms with Crippen molar-refractivity contribution in [2.75, 3.05) is 26.7 Å². The predicted molar refractivity (Wildman–Crippen MR) is 124 cm³/mol. The quantitative estimate of drug-likeness (QED) is 0.479. The van der Waals surface area contributed by atoms with Crippen LogP contribution in [0.25, 0.3) is 10.9 Å². The summed E-state index contributed by atoms with van der Waals surface area (Å²) in [5.41, 5.74) is 5.25. The molecular weight excluding hydrogens is 384 g/mol. The summed E-state index contributed by atoms with van der Waals surface area (Å²) in [6.45, 7) is 5.22. The van der Waals surface area contributed by atoms with Crippen LogP contribution in [0.1, 0.15) is 23.1 Å².